The molecule has 3 aromatic rings. The molecule has 0 aliphatic carbocycles. The van der Waals surface area contributed by atoms with Crippen molar-refractivity contribution in [3.8, 4) is 0 Å². The Balaban J connectivity index is 1.31. The molecule has 0 radical (unpaired) electrons. The minimum absolute atomic E-state index is 0.103. The number of anilines is 2. The minimum atomic E-state index is -0.103. The Morgan fingerprint density at radius 2 is 1.93 bits per heavy atom. The number of urea groups is 1. The van der Waals surface area contributed by atoms with Gasteiger partial charge in [-0.3, -0.25) is 10.00 Å². The molecule has 3 heterocycles. The number of carbonyl (C=O) groups excluding carboxylic acids is 1. The van der Waals surface area contributed by atoms with E-state index in [1.54, 1.807) is 4.68 Å². The molecule has 4 rings (SSSR count). The monoisotopic (exact) mass is 431 g/mol. The molecule has 0 bridgehead atoms. The summed E-state index contributed by atoms with van der Waals surface area (Å²) < 4.78 is 6.16. The van der Waals surface area contributed by atoms with Crippen LogP contribution in [0.5, 0.6) is 0 Å². The van der Waals surface area contributed by atoms with E-state index in [0.29, 0.717) is 25.3 Å². The molecule has 8 nitrogen and oxygen atoms in total. The number of nitrogens with zero attached hydrogens (tertiary/aromatic N) is 6. The number of nitrogens with one attached hydrogen (secondary N) is 1. The Bertz CT molecular complexity index is 992. The van der Waals surface area contributed by atoms with Crippen molar-refractivity contribution in [2.24, 2.45) is 7.05 Å². The summed E-state index contributed by atoms with van der Waals surface area (Å²) in [6, 6.07) is 9.49. The van der Waals surface area contributed by atoms with Gasteiger partial charge in [0.2, 0.25) is 5.13 Å². The number of amides is 2. The van der Waals surface area contributed by atoms with Gasteiger partial charge in [-0.2, -0.15) is 9.47 Å². The second-order valence-corrected chi connectivity index (χ2v) is 8.16. The van der Waals surface area contributed by atoms with Crippen LogP contribution in [0.3, 0.4) is 0 Å². The second-order valence-electron chi connectivity index (χ2n) is 7.00. The Hall–Kier alpha value is -2.65. The maximum atomic E-state index is 12.5. The van der Waals surface area contributed by atoms with E-state index in [0.717, 1.165) is 40.3 Å². The molecule has 152 valence electrons. The largest absolute Gasteiger partial charge is 0.343 e. The van der Waals surface area contributed by atoms with E-state index < -0.39 is 0 Å². The zero-order chi connectivity index (χ0) is 20.4. The zero-order valence-corrected chi connectivity index (χ0v) is 17.9. The number of halogens is 1. The van der Waals surface area contributed by atoms with Gasteiger partial charge in [0.05, 0.1) is 5.69 Å². The molecule has 2 amide bonds. The molecule has 0 unspecified atom stereocenters. The summed E-state index contributed by atoms with van der Waals surface area (Å²) in [4.78, 5) is 21.2. The first-order valence-corrected chi connectivity index (χ1v) is 10.5. The third-order valence-electron chi connectivity index (χ3n) is 4.81. The third kappa shape index (κ3) is 4.68. The summed E-state index contributed by atoms with van der Waals surface area (Å²) in [5.74, 6) is 1.50. The van der Waals surface area contributed by atoms with Gasteiger partial charge in [-0.05, 0) is 24.6 Å². The molecule has 1 saturated heterocycles. The van der Waals surface area contributed by atoms with Gasteiger partial charge in [0.25, 0.3) is 0 Å². The van der Waals surface area contributed by atoms with Crippen LogP contribution in [0.1, 0.15) is 17.1 Å². The van der Waals surface area contributed by atoms with Gasteiger partial charge in [-0.15, -0.1) is 0 Å². The number of aryl methyl sites for hydroxylation is 2. The van der Waals surface area contributed by atoms with E-state index in [4.69, 9.17) is 11.6 Å². The maximum Gasteiger partial charge on any atom is 0.323 e. The SMILES string of the molecule is Cc1cc(NC(=O)N2CCN(c3nc(Cc4ccc(Cl)cc4)ns3)CC2)n(C)n1. The van der Waals surface area contributed by atoms with Crippen molar-refractivity contribution in [3.05, 3.63) is 52.4 Å². The summed E-state index contributed by atoms with van der Waals surface area (Å²) in [5, 5.41) is 8.80. The van der Waals surface area contributed by atoms with Crippen LogP contribution in [0.25, 0.3) is 0 Å². The van der Waals surface area contributed by atoms with Gasteiger partial charge < -0.3 is 9.80 Å². The average molecular weight is 432 g/mol. The quantitative estimate of drug-likeness (QED) is 0.686. The molecule has 0 atom stereocenters. The van der Waals surface area contributed by atoms with Crippen LogP contribution in [0.15, 0.2) is 30.3 Å². The molecule has 29 heavy (non-hydrogen) atoms. The molecule has 1 aliphatic rings. The van der Waals surface area contributed by atoms with Gasteiger partial charge in [0.1, 0.15) is 11.6 Å². The van der Waals surface area contributed by atoms with E-state index in [1.807, 2.05) is 49.2 Å². The molecular formula is C19H22ClN7OS. The van der Waals surface area contributed by atoms with Crippen LogP contribution in [-0.4, -0.2) is 56.2 Å². The van der Waals surface area contributed by atoms with Crippen LogP contribution >= 0.6 is 23.1 Å². The highest BCUT2D eigenvalue weighted by Crippen LogP contribution is 2.21. The first kappa shape index (κ1) is 19.7. The van der Waals surface area contributed by atoms with Gasteiger partial charge >= 0.3 is 6.03 Å². The van der Waals surface area contributed by atoms with Gasteiger partial charge in [-0.25, -0.2) is 9.78 Å². The van der Waals surface area contributed by atoms with Crippen molar-refractivity contribution in [2.75, 3.05) is 36.4 Å². The average Bonchev–Trinajstić information content (AvgIpc) is 3.30. The summed E-state index contributed by atoms with van der Waals surface area (Å²) in [7, 11) is 1.82. The lowest BCUT2D eigenvalue weighted by Crippen LogP contribution is -2.50. The molecule has 1 N–H and O–H groups in total. The highest BCUT2D eigenvalue weighted by atomic mass is 35.5. The molecule has 1 fully saturated rings. The van der Waals surface area contributed by atoms with Crippen LogP contribution in [0, 0.1) is 6.92 Å². The lowest BCUT2D eigenvalue weighted by Gasteiger charge is -2.34. The summed E-state index contributed by atoms with van der Waals surface area (Å²) in [6.45, 7) is 4.63. The van der Waals surface area contributed by atoms with Crippen molar-refractivity contribution < 1.29 is 4.79 Å². The number of piperazine rings is 1. The van der Waals surface area contributed by atoms with Crippen molar-refractivity contribution >= 4 is 40.1 Å². The molecule has 1 aromatic carbocycles. The fourth-order valence-corrected chi connectivity index (χ4v) is 4.11. The second kappa shape index (κ2) is 8.38. The topological polar surface area (TPSA) is 79.2 Å². The Morgan fingerprint density at radius 1 is 1.21 bits per heavy atom. The minimum Gasteiger partial charge on any atom is -0.343 e. The number of hydrogen-bond donors (Lipinski definition) is 1. The van der Waals surface area contributed by atoms with Crippen LogP contribution in [-0.2, 0) is 13.5 Å². The van der Waals surface area contributed by atoms with Crippen molar-refractivity contribution in [3.63, 3.8) is 0 Å². The number of rotatable bonds is 4. The van der Waals surface area contributed by atoms with E-state index in [9.17, 15) is 4.79 Å². The zero-order valence-electron chi connectivity index (χ0n) is 16.3. The number of hydrogen-bond acceptors (Lipinski definition) is 6. The molecule has 10 heteroatoms. The van der Waals surface area contributed by atoms with Crippen LogP contribution in [0.4, 0.5) is 15.7 Å². The predicted molar refractivity (Wildman–Crippen MR) is 115 cm³/mol. The van der Waals surface area contributed by atoms with E-state index in [-0.39, 0.29) is 6.03 Å². The summed E-state index contributed by atoms with van der Waals surface area (Å²) in [5.41, 5.74) is 2.00. The first-order valence-electron chi connectivity index (χ1n) is 9.36. The number of aromatic nitrogens is 4. The first-order chi connectivity index (χ1) is 14.0. The smallest absolute Gasteiger partial charge is 0.323 e. The lowest BCUT2D eigenvalue weighted by atomic mass is 10.1. The highest BCUT2D eigenvalue weighted by molar-refractivity contribution is 7.09. The Kier molecular flexibility index (Phi) is 5.68. The van der Waals surface area contributed by atoms with Crippen LogP contribution < -0.4 is 10.2 Å². The molecular weight excluding hydrogens is 410 g/mol. The van der Waals surface area contributed by atoms with Crippen molar-refractivity contribution in [2.45, 2.75) is 13.3 Å². The normalized spacial score (nSPS) is 14.3. The highest BCUT2D eigenvalue weighted by Gasteiger charge is 2.24. The van der Waals surface area contributed by atoms with Gasteiger partial charge in [0, 0.05) is 62.3 Å². The number of benzene rings is 1. The molecule has 1 aliphatic heterocycles. The fourth-order valence-electron chi connectivity index (χ4n) is 3.25. The van der Waals surface area contributed by atoms with Crippen molar-refractivity contribution in [1.29, 1.82) is 0 Å². The molecule has 2 aromatic heterocycles. The predicted octanol–water partition coefficient (Wildman–Crippen LogP) is 3.18. The summed E-state index contributed by atoms with van der Waals surface area (Å²) >= 11 is 7.34. The van der Waals surface area contributed by atoms with E-state index in [1.165, 1.54) is 11.5 Å². The molecule has 0 saturated carbocycles. The molecule has 0 spiro atoms. The van der Waals surface area contributed by atoms with Crippen molar-refractivity contribution in [1.82, 2.24) is 24.0 Å². The number of carbonyl (C=O) groups is 1. The fraction of sp³-hybridized carbons (Fsp3) is 0.368. The van der Waals surface area contributed by atoms with Gasteiger partial charge in [0.15, 0.2) is 0 Å². The Labute approximate surface area is 178 Å². The Morgan fingerprint density at radius 3 is 2.59 bits per heavy atom. The van der Waals surface area contributed by atoms with Crippen LogP contribution in [0.2, 0.25) is 5.02 Å². The van der Waals surface area contributed by atoms with Gasteiger partial charge in [-0.1, -0.05) is 23.7 Å². The van der Waals surface area contributed by atoms with E-state index >= 15 is 0 Å². The lowest BCUT2D eigenvalue weighted by molar-refractivity contribution is 0.208. The maximum absolute atomic E-state index is 12.5. The van der Waals surface area contributed by atoms with E-state index in [2.05, 4.69) is 24.7 Å². The standard InChI is InChI=1S/C19H22ClN7OS/c1-13-11-17(25(2)23-13)22-18(28)26-7-9-27(10-8-26)19-21-16(24-29-19)12-14-3-5-15(20)6-4-14/h3-6,11H,7-10,12H2,1-2H3,(H,22,28). The third-order valence-corrected chi connectivity index (χ3v) is 5.87. The summed E-state index contributed by atoms with van der Waals surface area (Å²) in [6.07, 6.45) is 0.681.